The molecule has 0 radical (unpaired) electrons. The molecular formula is C13H24N6O. The van der Waals surface area contributed by atoms with Crippen LogP contribution in [-0.2, 0) is 0 Å². The molecule has 1 atom stereocenters. The van der Waals surface area contributed by atoms with Crippen molar-refractivity contribution in [2.75, 3.05) is 37.3 Å². The largest absolute Gasteiger partial charge is 0.463 e. The van der Waals surface area contributed by atoms with Crippen LogP contribution in [0, 0.1) is 0 Å². The third-order valence-corrected chi connectivity index (χ3v) is 3.17. The molecule has 0 saturated carbocycles. The van der Waals surface area contributed by atoms with E-state index < -0.39 is 0 Å². The fourth-order valence-electron chi connectivity index (χ4n) is 2.31. The van der Waals surface area contributed by atoms with Crippen LogP contribution in [0.2, 0.25) is 0 Å². The highest BCUT2D eigenvalue weighted by molar-refractivity contribution is 5.33. The molecule has 0 spiro atoms. The van der Waals surface area contributed by atoms with Crippen LogP contribution >= 0.6 is 0 Å². The summed E-state index contributed by atoms with van der Waals surface area (Å²) in [5.74, 6) is 0.664. The van der Waals surface area contributed by atoms with Gasteiger partial charge in [0.15, 0.2) is 0 Å². The Morgan fingerprint density at radius 3 is 2.75 bits per heavy atom. The number of hydrogen-bond acceptors (Lipinski definition) is 7. The van der Waals surface area contributed by atoms with Crippen LogP contribution in [0.4, 0.5) is 11.9 Å². The molecule has 1 saturated heterocycles. The van der Waals surface area contributed by atoms with E-state index in [2.05, 4.69) is 32.1 Å². The quantitative estimate of drug-likeness (QED) is 0.774. The van der Waals surface area contributed by atoms with Crippen LogP contribution in [-0.4, -0.2) is 52.1 Å². The number of hydrogen-bond donors (Lipinski definition) is 2. The topological polar surface area (TPSA) is 89.2 Å². The summed E-state index contributed by atoms with van der Waals surface area (Å²) in [6, 6.07) is 0.546. The molecule has 0 amide bonds. The van der Waals surface area contributed by atoms with Crippen LogP contribution in [0.25, 0.3) is 0 Å². The van der Waals surface area contributed by atoms with Crippen LogP contribution < -0.4 is 15.8 Å². The van der Waals surface area contributed by atoms with Gasteiger partial charge in [-0.3, -0.25) is 0 Å². The first kappa shape index (κ1) is 14.8. The zero-order chi connectivity index (χ0) is 14.4. The van der Waals surface area contributed by atoms with E-state index in [4.69, 9.17) is 10.5 Å². The molecule has 1 unspecified atom stereocenters. The first-order valence-corrected chi connectivity index (χ1v) is 7.30. The third-order valence-electron chi connectivity index (χ3n) is 3.17. The first-order valence-electron chi connectivity index (χ1n) is 7.30. The van der Waals surface area contributed by atoms with Gasteiger partial charge < -0.3 is 20.7 Å². The van der Waals surface area contributed by atoms with Crippen molar-refractivity contribution < 1.29 is 4.74 Å². The Hall–Kier alpha value is -1.63. The summed E-state index contributed by atoms with van der Waals surface area (Å²) in [5, 5.41) is 3.26. The molecule has 0 aliphatic carbocycles. The number of ether oxygens (including phenoxy) is 1. The standard InChI is InChI=1S/C13H24N6O/c1-3-8-20-13-17-11(14)16-12(18-13)15-10(2)9-19-6-4-5-7-19/h10H,3-9H2,1-2H3,(H3,14,15,16,17,18). The minimum Gasteiger partial charge on any atom is -0.463 e. The molecule has 20 heavy (non-hydrogen) atoms. The summed E-state index contributed by atoms with van der Waals surface area (Å²) >= 11 is 0. The fourth-order valence-corrected chi connectivity index (χ4v) is 2.31. The van der Waals surface area contributed by atoms with Crippen LogP contribution in [0.3, 0.4) is 0 Å². The number of nitrogens with two attached hydrogens (primary N) is 1. The number of likely N-dealkylation sites (tertiary alicyclic amines) is 1. The molecule has 2 rings (SSSR count). The van der Waals surface area contributed by atoms with Gasteiger partial charge in [0, 0.05) is 12.6 Å². The van der Waals surface area contributed by atoms with Gasteiger partial charge in [0.2, 0.25) is 11.9 Å². The Kier molecular flexibility index (Phi) is 5.34. The Morgan fingerprint density at radius 2 is 2.05 bits per heavy atom. The summed E-state index contributed by atoms with van der Waals surface area (Å²) in [7, 11) is 0. The van der Waals surface area contributed by atoms with E-state index in [1.807, 2.05) is 6.92 Å². The molecule has 3 N–H and O–H groups in total. The first-order chi connectivity index (χ1) is 9.67. The molecule has 1 fully saturated rings. The minimum atomic E-state index is 0.182. The second kappa shape index (κ2) is 7.23. The zero-order valence-corrected chi connectivity index (χ0v) is 12.3. The van der Waals surface area contributed by atoms with Gasteiger partial charge in [-0.2, -0.15) is 15.0 Å². The maximum absolute atomic E-state index is 5.68. The molecule has 1 aliphatic heterocycles. The number of nitrogens with one attached hydrogen (secondary N) is 1. The molecule has 1 aromatic heterocycles. The lowest BCUT2D eigenvalue weighted by Crippen LogP contribution is -2.33. The third kappa shape index (κ3) is 4.48. The fraction of sp³-hybridized carbons (Fsp3) is 0.769. The molecule has 0 aromatic carbocycles. The van der Waals surface area contributed by atoms with Gasteiger partial charge in [-0.25, -0.2) is 0 Å². The van der Waals surface area contributed by atoms with E-state index in [0.29, 0.717) is 12.6 Å². The lowest BCUT2D eigenvalue weighted by molar-refractivity contribution is 0.292. The Bertz CT molecular complexity index is 421. The van der Waals surface area contributed by atoms with Gasteiger partial charge in [-0.05, 0) is 39.3 Å². The van der Waals surface area contributed by atoms with E-state index >= 15 is 0 Å². The number of nitrogen functional groups attached to an aromatic ring is 1. The highest BCUT2D eigenvalue weighted by Gasteiger charge is 2.15. The molecule has 1 aliphatic rings. The normalized spacial score (nSPS) is 17.1. The monoisotopic (exact) mass is 280 g/mol. The summed E-state index contributed by atoms with van der Waals surface area (Å²) in [6.45, 7) is 8.06. The van der Waals surface area contributed by atoms with Crippen LogP contribution in [0.5, 0.6) is 6.01 Å². The number of rotatable bonds is 7. The minimum absolute atomic E-state index is 0.182. The molecule has 2 heterocycles. The van der Waals surface area contributed by atoms with E-state index in [1.165, 1.54) is 25.9 Å². The summed E-state index contributed by atoms with van der Waals surface area (Å²) in [4.78, 5) is 14.7. The van der Waals surface area contributed by atoms with Gasteiger partial charge in [-0.1, -0.05) is 6.92 Å². The smallest absolute Gasteiger partial charge is 0.323 e. The van der Waals surface area contributed by atoms with E-state index in [0.717, 1.165) is 13.0 Å². The van der Waals surface area contributed by atoms with Gasteiger partial charge in [0.05, 0.1) is 6.61 Å². The van der Waals surface area contributed by atoms with Crippen molar-refractivity contribution in [1.29, 1.82) is 0 Å². The maximum Gasteiger partial charge on any atom is 0.323 e. The number of aromatic nitrogens is 3. The average Bonchev–Trinajstić information content (AvgIpc) is 2.88. The average molecular weight is 280 g/mol. The second-order valence-corrected chi connectivity index (χ2v) is 5.20. The highest BCUT2D eigenvalue weighted by atomic mass is 16.5. The lowest BCUT2D eigenvalue weighted by atomic mass is 10.3. The van der Waals surface area contributed by atoms with Gasteiger partial charge in [-0.15, -0.1) is 0 Å². The molecule has 7 heteroatoms. The Balaban J connectivity index is 1.91. The predicted molar refractivity (Wildman–Crippen MR) is 78.8 cm³/mol. The maximum atomic E-state index is 5.68. The number of nitrogens with zero attached hydrogens (tertiary/aromatic N) is 4. The zero-order valence-electron chi connectivity index (χ0n) is 12.3. The van der Waals surface area contributed by atoms with E-state index in [1.54, 1.807) is 0 Å². The molecule has 0 bridgehead atoms. The van der Waals surface area contributed by atoms with E-state index in [9.17, 15) is 0 Å². The summed E-state index contributed by atoms with van der Waals surface area (Å²) < 4.78 is 5.40. The Labute approximate surface area is 119 Å². The highest BCUT2D eigenvalue weighted by Crippen LogP contribution is 2.12. The van der Waals surface area contributed by atoms with Gasteiger partial charge in [0.25, 0.3) is 0 Å². The van der Waals surface area contributed by atoms with Crippen LogP contribution in [0.1, 0.15) is 33.1 Å². The second-order valence-electron chi connectivity index (χ2n) is 5.20. The Morgan fingerprint density at radius 1 is 1.30 bits per heavy atom. The van der Waals surface area contributed by atoms with Crippen molar-refractivity contribution in [2.24, 2.45) is 0 Å². The van der Waals surface area contributed by atoms with Gasteiger partial charge in [0.1, 0.15) is 0 Å². The molecular weight excluding hydrogens is 256 g/mol. The van der Waals surface area contributed by atoms with Crippen molar-refractivity contribution in [2.45, 2.75) is 39.2 Å². The lowest BCUT2D eigenvalue weighted by Gasteiger charge is -2.21. The van der Waals surface area contributed by atoms with Crippen LogP contribution in [0.15, 0.2) is 0 Å². The van der Waals surface area contributed by atoms with Crippen molar-refractivity contribution >= 4 is 11.9 Å². The van der Waals surface area contributed by atoms with Crippen molar-refractivity contribution in [3.8, 4) is 6.01 Å². The molecule has 7 nitrogen and oxygen atoms in total. The van der Waals surface area contributed by atoms with Crippen molar-refractivity contribution in [3.05, 3.63) is 0 Å². The predicted octanol–water partition coefficient (Wildman–Crippen LogP) is 1.14. The van der Waals surface area contributed by atoms with E-state index in [-0.39, 0.29) is 18.0 Å². The van der Waals surface area contributed by atoms with Crippen molar-refractivity contribution in [1.82, 2.24) is 19.9 Å². The number of anilines is 2. The SMILES string of the molecule is CCCOc1nc(N)nc(NC(C)CN2CCCC2)n1. The van der Waals surface area contributed by atoms with Crippen molar-refractivity contribution in [3.63, 3.8) is 0 Å². The molecule has 1 aromatic rings. The van der Waals surface area contributed by atoms with Gasteiger partial charge >= 0.3 is 6.01 Å². The summed E-state index contributed by atoms with van der Waals surface area (Å²) in [5.41, 5.74) is 5.68. The molecule has 112 valence electrons. The summed E-state index contributed by atoms with van der Waals surface area (Å²) in [6.07, 6.45) is 3.49.